The second-order valence-corrected chi connectivity index (χ2v) is 3.61. The molecule has 0 saturated heterocycles. The molecule has 88 valence electrons. The molecule has 6 nitrogen and oxygen atoms in total. The van der Waals surface area contributed by atoms with Gasteiger partial charge in [-0.25, -0.2) is 19.4 Å². The number of nitrogens with zero attached hydrogens (tertiary/aromatic N) is 4. The van der Waals surface area contributed by atoms with Crippen molar-refractivity contribution in [3.8, 4) is 5.82 Å². The van der Waals surface area contributed by atoms with E-state index in [1.165, 1.54) is 17.2 Å². The lowest BCUT2D eigenvalue weighted by Crippen LogP contribution is -2.01. The molecule has 0 fully saturated rings. The highest BCUT2D eigenvalue weighted by molar-refractivity contribution is 6.32. The van der Waals surface area contributed by atoms with Crippen LogP contribution in [0.3, 0.4) is 0 Å². The molecule has 17 heavy (non-hydrogen) atoms. The number of aryl methyl sites for hydroxylation is 1. The number of carboxylic acids is 1. The molecule has 0 bridgehead atoms. The van der Waals surface area contributed by atoms with Gasteiger partial charge in [0.25, 0.3) is 0 Å². The van der Waals surface area contributed by atoms with Gasteiger partial charge in [0.2, 0.25) is 0 Å². The van der Waals surface area contributed by atoms with Crippen LogP contribution in [-0.2, 0) is 6.42 Å². The summed E-state index contributed by atoms with van der Waals surface area (Å²) in [6.07, 6.45) is 3.37. The number of hydrogen-bond donors (Lipinski definition) is 1. The molecule has 0 aliphatic heterocycles. The number of rotatable bonds is 3. The van der Waals surface area contributed by atoms with E-state index in [4.69, 9.17) is 16.7 Å². The second kappa shape index (κ2) is 4.50. The predicted molar refractivity (Wildman–Crippen MR) is 60.5 cm³/mol. The zero-order valence-electron chi connectivity index (χ0n) is 8.96. The molecule has 0 radical (unpaired) electrons. The van der Waals surface area contributed by atoms with Crippen LogP contribution in [0.4, 0.5) is 0 Å². The van der Waals surface area contributed by atoms with Gasteiger partial charge in [-0.15, -0.1) is 0 Å². The summed E-state index contributed by atoms with van der Waals surface area (Å²) in [4.78, 5) is 18.8. The van der Waals surface area contributed by atoms with E-state index in [1.54, 1.807) is 6.07 Å². The smallest absolute Gasteiger partial charge is 0.340 e. The van der Waals surface area contributed by atoms with Gasteiger partial charge >= 0.3 is 5.97 Å². The van der Waals surface area contributed by atoms with Crippen molar-refractivity contribution in [1.82, 2.24) is 19.7 Å². The van der Waals surface area contributed by atoms with Crippen LogP contribution in [0.2, 0.25) is 5.15 Å². The highest BCUT2D eigenvalue weighted by Crippen LogP contribution is 2.23. The summed E-state index contributed by atoms with van der Waals surface area (Å²) >= 11 is 6.00. The van der Waals surface area contributed by atoms with E-state index in [0.29, 0.717) is 17.9 Å². The molecule has 0 aromatic carbocycles. The molecule has 0 saturated carbocycles. The van der Waals surface area contributed by atoms with Gasteiger partial charge in [-0.1, -0.05) is 18.5 Å². The lowest BCUT2D eigenvalue weighted by Gasteiger charge is -1.99. The third kappa shape index (κ3) is 1.99. The van der Waals surface area contributed by atoms with Gasteiger partial charge in [0.15, 0.2) is 5.82 Å². The number of halogens is 1. The van der Waals surface area contributed by atoms with Crippen molar-refractivity contribution in [3.63, 3.8) is 0 Å². The molecule has 0 aliphatic carbocycles. The average Bonchev–Trinajstić information content (AvgIpc) is 2.67. The maximum Gasteiger partial charge on any atom is 0.340 e. The molecule has 2 aromatic heterocycles. The molecule has 0 spiro atoms. The van der Waals surface area contributed by atoms with Crippen LogP contribution in [-0.4, -0.2) is 30.8 Å². The number of carboxylic acid groups (broad SMARTS) is 1. The van der Waals surface area contributed by atoms with Crippen LogP contribution < -0.4 is 0 Å². The second-order valence-electron chi connectivity index (χ2n) is 3.25. The molecular weight excluding hydrogens is 244 g/mol. The Morgan fingerprint density at radius 3 is 2.82 bits per heavy atom. The molecule has 1 N–H and O–H groups in total. The molecule has 2 heterocycles. The lowest BCUT2D eigenvalue weighted by atomic mass is 10.2. The fourth-order valence-electron chi connectivity index (χ4n) is 1.46. The first-order valence-corrected chi connectivity index (χ1v) is 5.30. The zero-order valence-corrected chi connectivity index (χ0v) is 9.72. The molecule has 0 aliphatic rings. The van der Waals surface area contributed by atoms with E-state index in [1.807, 2.05) is 6.92 Å². The summed E-state index contributed by atoms with van der Waals surface area (Å²) in [5.41, 5.74) is 0.453. The van der Waals surface area contributed by atoms with Crippen molar-refractivity contribution >= 4 is 17.6 Å². The van der Waals surface area contributed by atoms with E-state index in [0.717, 1.165) is 0 Å². The van der Waals surface area contributed by atoms with Crippen molar-refractivity contribution in [2.24, 2.45) is 0 Å². The Balaban J connectivity index is 2.61. The third-order valence-electron chi connectivity index (χ3n) is 2.23. The van der Waals surface area contributed by atoms with Crippen LogP contribution in [0.1, 0.15) is 23.0 Å². The average molecular weight is 253 g/mol. The van der Waals surface area contributed by atoms with Crippen LogP contribution in [0, 0.1) is 0 Å². The summed E-state index contributed by atoms with van der Waals surface area (Å²) < 4.78 is 1.30. The summed E-state index contributed by atoms with van der Waals surface area (Å²) in [5, 5.41) is 13.2. The number of hydrogen-bond acceptors (Lipinski definition) is 4. The molecular formula is C10H9ClN4O2. The molecule has 0 atom stereocenters. The van der Waals surface area contributed by atoms with Crippen molar-refractivity contribution in [1.29, 1.82) is 0 Å². The number of aromatic nitrogens is 4. The Labute approximate surface area is 102 Å². The molecule has 7 heteroatoms. The maximum atomic E-state index is 11.1. The lowest BCUT2D eigenvalue weighted by molar-refractivity contribution is 0.0696. The molecule has 2 aromatic rings. The van der Waals surface area contributed by atoms with Crippen molar-refractivity contribution in [3.05, 3.63) is 35.0 Å². The Kier molecular flexibility index (Phi) is 3.06. The minimum atomic E-state index is -1.09. The molecule has 0 unspecified atom stereocenters. The van der Waals surface area contributed by atoms with Gasteiger partial charge in [0, 0.05) is 12.3 Å². The molecule has 2 rings (SSSR count). The van der Waals surface area contributed by atoms with Gasteiger partial charge in [-0.05, 0) is 6.42 Å². The normalized spacial score (nSPS) is 10.5. The van der Waals surface area contributed by atoms with Crippen LogP contribution in [0.25, 0.3) is 5.82 Å². The highest BCUT2D eigenvalue weighted by Gasteiger charge is 2.22. The summed E-state index contributed by atoms with van der Waals surface area (Å²) in [6.45, 7) is 1.81. The van der Waals surface area contributed by atoms with Crippen LogP contribution >= 0.6 is 11.6 Å². The first-order chi connectivity index (χ1) is 8.15. The van der Waals surface area contributed by atoms with Crippen LogP contribution in [0.15, 0.2) is 18.6 Å². The summed E-state index contributed by atoms with van der Waals surface area (Å²) in [5.74, 6) is -0.653. The predicted octanol–water partition coefficient (Wildman–Crippen LogP) is 1.58. The van der Waals surface area contributed by atoms with Gasteiger partial charge in [-0.2, -0.15) is 5.10 Å². The Bertz CT molecular complexity index is 553. The standard InChI is InChI=1S/C10H9ClN4O2/c1-2-6-8(10(16)17)9(11)15(14-6)7-3-4-12-5-13-7/h3-5H,2H2,1H3,(H,16,17). The Morgan fingerprint density at radius 1 is 1.59 bits per heavy atom. The number of carbonyl (C=O) groups is 1. The van der Waals surface area contributed by atoms with Gasteiger partial charge in [0.1, 0.15) is 17.0 Å². The van der Waals surface area contributed by atoms with E-state index in [2.05, 4.69) is 15.1 Å². The minimum absolute atomic E-state index is 0.0211. The fourth-order valence-corrected chi connectivity index (χ4v) is 1.77. The summed E-state index contributed by atoms with van der Waals surface area (Å²) in [7, 11) is 0. The zero-order chi connectivity index (χ0) is 12.4. The van der Waals surface area contributed by atoms with Gasteiger partial charge < -0.3 is 5.11 Å². The van der Waals surface area contributed by atoms with Gasteiger partial charge in [-0.3, -0.25) is 0 Å². The SMILES string of the molecule is CCc1nn(-c2ccncn2)c(Cl)c1C(=O)O. The molecule has 0 amide bonds. The third-order valence-corrected chi connectivity index (χ3v) is 2.58. The van der Waals surface area contributed by atoms with E-state index < -0.39 is 5.97 Å². The van der Waals surface area contributed by atoms with E-state index >= 15 is 0 Å². The van der Waals surface area contributed by atoms with Crippen molar-refractivity contribution < 1.29 is 9.90 Å². The van der Waals surface area contributed by atoms with E-state index in [9.17, 15) is 4.79 Å². The van der Waals surface area contributed by atoms with Gasteiger partial charge in [0.05, 0.1) is 5.69 Å². The van der Waals surface area contributed by atoms with Crippen molar-refractivity contribution in [2.75, 3.05) is 0 Å². The Hall–Kier alpha value is -1.95. The van der Waals surface area contributed by atoms with Crippen LogP contribution in [0.5, 0.6) is 0 Å². The fraction of sp³-hybridized carbons (Fsp3) is 0.200. The van der Waals surface area contributed by atoms with E-state index in [-0.39, 0.29) is 10.7 Å². The monoisotopic (exact) mass is 252 g/mol. The first kappa shape index (κ1) is 11.5. The maximum absolute atomic E-state index is 11.1. The first-order valence-electron chi connectivity index (χ1n) is 4.92. The number of aromatic carboxylic acids is 1. The minimum Gasteiger partial charge on any atom is -0.478 e. The van der Waals surface area contributed by atoms with Crippen molar-refractivity contribution in [2.45, 2.75) is 13.3 Å². The Morgan fingerprint density at radius 2 is 2.35 bits per heavy atom. The largest absolute Gasteiger partial charge is 0.478 e. The summed E-state index contributed by atoms with van der Waals surface area (Å²) in [6, 6.07) is 1.60. The highest BCUT2D eigenvalue weighted by atomic mass is 35.5. The topological polar surface area (TPSA) is 80.9 Å². The quantitative estimate of drug-likeness (QED) is 0.897.